The molecule has 0 radical (unpaired) electrons. The molecule has 0 aromatic carbocycles. The molecule has 3 heterocycles. The molecule has 0 spiro atoms. The van der Waals surface area contributed by atoms with Crippen LogP contribution in [0.5, 0.6) is 0 Å². The summed E-state index contributed by atoms with van der Waals surface area (Å²) in [6, 6.07) is 0. The molecule has 0 N–H and O–H groups in total. The molecular weight excluding hydrogens is 334 g/mol. The van der Waals surface area contributed by atoms with Gasteiger partial charge in [-0.3, -0.25) is 4.79 Å². The molecule has 3 rings (SSSR count). The van der Waals surface area contributed by atoms with Gasteiger partial charge in [0.15, 0.2) is 6.61 Å². The third-order valence-electron chi connectivity index (χ3n) is 4.10. The van der Waals surface area contributed by atoms with E-state index in [4.69, 9.17) is 4.74 Å². The number of carbonyl (C=O) groups excluding carboxylic acids is 2. The maximum absolute atomic E-state index is 12.1. The van der Waals surface area contributed by atoms with Crippen molar-refractivity contribution >= 4 is 27.7 Å². The maximum atomic E-state index is 12.1. The van der Waals surface area contributed by atoms with Crippen LogP contribution in [0, 0.1) is 0 Å². The van der Waals surface area contributed by atoms with Gasteiger partial charge in [0.25, 0.3) is 15.9 Å². The van der Waals surface area contributed by atoms with Crippen molar-refractivity contribution in [1.29, 1.82) is 0 Å². The van der Waals surface area contributed by atoms with Gasteiger partial charge >= 0.3 is 5.97 Å². The zero-order chi connectivity index (χ0) is 17.2. The summed E-state index contributed by atoms with van der Waals surface area (Å²) >= 11 is 0. The molecular formula is C15H19N3O5S. The SMILES string of the molecule is O=C(OCC(=O)N1CCCCC1)C1=CN2CCS(=O)(=O)N=C2C=C1. The van der Waals surface area contributed by atoms with Gasteiger partial charge in [0.2, 0.25) is 0 Å². The van der Waals surface area contributed by atoms with E-state index in [1.54, 1.807) is 9.80 Å². The minimum atomic E-state index is -3.43. The van der Waals surface area contributed by atoms with E-state index in [1.165, 1.54) is 18.4 Å². The lowest BCUT2D eigenvalue weighted by Crippen LogP contribution is -2.39. The molecule has 0 aliphatic carbocycles. The molecule has 3 aliphatic rings. The van der Waals surface area contributed by atoms with Crippen molar-refractivity contribution in [2.45, 2.75) is 19.3 Å². The molecule has 24 heavy (non-hydrogen) atoms. The highest BCUT2D eigenvalue weighted by Gasteiger charge is 2.26. The Balaban J connectivity index is 1.57. The van der Waals surface area contributed by atoms with Crippen LogP contribution in [-0.2, 0) is 24.3 Å². The number of carbonyl (C=O) groups is 2. The molecule has 0 bridgehead atoms. The molecule has 1 fully saturated rings. The first-order valence-electron chi connectivity index (χ1n) is 7.89. The van der Waals surface area contributed by atoms with E-state index in [2.05, 4.69) is 4.40 Å². The van der Waals surface area contributed by atoms with Gasteiger partial charge in [-0.05, 0) is 31.4 Å². The maximum Gasteiger partial charge on any atom is 0.340 e. The van der Waals surface area contributed by atoms with Gasteiger partial charge in [0.05, 0.1) is 11.3 Å². The van der Waals surface area contributed by atoms with Crippen LogP contribution in [0.15, 0.2) is 28.3 Å². The number of nitrogens with zero attached hydrogens (tertiary/aromatic N) is 3. The predicted molar refractivity (Wildman–Crippen MR) is 86.5 cm³/mol. The number of rotatable bonds is 3. The Morgan fingerprint density at radius 2 is 1.88 bits per heavy atom. The highest BCUT2D eigenvalue weighted by molar-refractivity contribution is 7.90. The van der Waals surface area contributed by atoms with Crippen molar-refractivity contribution in [2.24, 2.45) is 4.40 Å². The van der Waals surface area contributed by atoms with Gasteiger partial charge < -0.3 is 14.5 Å². The Labute approximate surface area is 140 Å². The highest BCUT2D eigenvalue weighted by Crippen LogP contribution is 2.16. The fraction of sp³-hybridized carbons (Fsp3) is 0.533. The summed E-state index contributed by atoms with van der Waals surface area (Å²) < 4.78 is 31.6. The number of fused-ring (bicyclic) bond motifs is 1. The van der Waals surface area contributed by atoms with E-state index in [0.29, 0.717) is 13.1 Å². The monoisotopic (exact) mass is 353 g/mol. The summed E-state index contributed by atoms with van der Waals surface area (Å²) in [6.07, 6.45) is 7.49. The van der Waals surface area contributed by atoms with Crippen molar-refractivity contribution in [2.75, 3.05) is 32.0 Å². The number of amidine groups is 1. The van der Waals surface area contributed by atoms with Gasteiger partial charge in [-0.15, -0.1) is 4.40 Å². The Hall–Kier alpha value is -2.16. The molecule has 9 heteroatoms. The second kappa shape index (κ2) is 6.76. The fourth-order valence-corrected chi connectivity index (χ4v) is 3.74. The summed E-state index contributed by atoms with van der Waals surface area (Å²) in [5.41, 5.74) is 0.264. The first kappa shape index (κ1) is 16.7. The molecule has 130 valence electrons. The average Bonchev–Trinajstić information content (AvgIpc) is 2.59. The van der Waals surface area contributed by atoms with Crippen molar-refractivity contribution in [3.8, 4) is 0 Å². The second-order valence-corrected chi connectivity index (χ2v) is 7.62. The number of likely N-dealkylation sites (tertiary alicyclic amines) is 1. The van der Waals surface area contributed by atoms with Crippen molar-refractivity contribution < 1.29 is 22.7 Å². The minimum Gasteiger partial charge on any atom is -0.452 e. The van der Waals surface area contributed by atoms with Crippen LogP contribution >= 0.6 is 0 Å². The summed E-state index contributed by atoms with van der Waals surface area (Å²) in [7, 11) is -3.43. The standard InChI is InChI=1S/C15H19N3O5S/c19-14(17-6-2-1-3-7-17)11-23-15(20)12-4-5-13-16-24(21,22)9-8-18(13)10-12/h4-5,10H,1-3,6-9,11H2. The van der Waals surface area contributed by atoms with Crippen LogP contribution in [0.25, 0.3) is 0 Å². The Morgan fingerprint density at radius 3 is 2.62 bits per heavy atom. The van der Waals surface area contributed by atoms with Crippen LogP contribution in [0.2, 0.25) is 0 Å². The minimum absolute atomic E-state index is 0.101. The molecule has 0 atom stereocenters. The molecule has 8 nitrogen and oxygen atoms in total. The van der Waals surface area contributed by atoms with Crippen LogP contribution in [0.1, 0.15) is 19.3 Å². The van der Waals surface area contributed by atoms with Gasteiger partial charge in [-0.2, -0.15) is 0 Å². The summed E-state index contributed by atoms with van der Waals surface area (Å²) in [5, 5.41) is 0. The van der Waals surface area contributed by atoms with Gasteiger partial charge in [-0.1, -0.05) is 0 Å². The molecule has 0 unspecified atom stereocenters. The number of sulfonamides is 1. The predicted octanol–water partition coefficient (Wildman–Crippen LogP) is 0.0397. The molecule has 1 saturated heterocycles. The smallest absolute Gasteiger partial charge is 0.340 e. The van der Waals surface area contributed by atoms with Crippen LogP contribution in [0.4, 0.5) is 0 Å². The van der Waals surface area contributed by atoms with E-state index in [0.717, 1.165) is 19.3 Å². The quantitative estimate of drug-likeness (QED) is 0.665. The topological polar surface area (TPSA) is 96.4 Å². The Bertz CT molecular complexity index is 732. The lowest BCUT2D eigenvalue weighted by atomic mass is 10.1. The van der Waals surface area contributed by atoms with Gasteiger partial charge in [0.1, 0.15) is 5.84 Å². The molecule has 1 amide bonds. The van der Waals surface area contributed by atoms with Crippen LogP contribution < -0.4 is 0 Å². The first-order chi connectivity index (χ1) is 11.4. The van der Waals surface area contributed by atoms with Gasteiger partial charge in [-0.25, -0.2) is 13.2 Å². The molecule has 3 aliphatic heterocycles. The highest BCUT2D eigenvalue weighted by atomic mass is 32.2. The van der Waals surface area contributed by atoms with E-state index in [9.17, 15) is 18.0 Å². The molecule has 0 saturated carbocycles. The number of piperidine rings is 1. The number of amides is 1. The van der Waals surface area contributed by atoms with E-state index < -0.39 is 16.0 Å². The summed E-state index contributed by atoms with van der Waals surface area (Å²) in [6.45, 7) is 1.37. The van der Waals surface area contributed by atoms with Crippen LogP contribution in [0.3, 0.4) is 0 Å². The van der Waals surface area contributed by atoms with Crippen LogP contribution in [-0.4, -0.2) is 67.9 Å². The lowest BCUT2D eigenvalue weighted by molar-refractivity contribution is -0.149. The molecule has 0 aromatic rings. The van der Waals surface area contributed by atoms with E-state index >= 15 is 0 Å². The van der Waals surface area contributed by atoms with Crippen molar-refractivity contribution in [3.05, 3.63) is 23.9 Å². The largest absolute Gasteiger partial charge is 0.452 e. The average molecular weight is 353 g/mol. The van der Waals surface area contributed by atoms with E-state index in [-0.39, 0.29) is 36.2 Å². The third-order valence-corrected chi connectivity index (χ3v) is 5.26. The second-order valence-electron chi connectivity index (χ2n) is 5.86. The fourth-order valence-electron chi connectivity index (χ4n) is 2.77. The molecule has 0 aromatic heterocycles. The normalized spacial score (nSPS) is 22.3. The van der Waals surface area contributed by atoms with Crippen molar-refractivity contribution in [1.82, 2.24) is 9.80 Å². The Morgan fingerprint density at radius 1 is 1.12 bits per heavy atom. The summed E-state index contributed by atoms with van der Waals surface area (Å²) in [4.78, 5) is 27.4. The van der Waals surface area contributed by atoms with Crippen molar-refractivity contribution in [3.63, 3.8) is 0 Å². The summed E-state index contributed by atoms with van der Waals surface area (Å²) in [5.74, 6) is -0.614. The Kier molecular flexibility index (Phi) is 4.70. The zero-order valence-corrected chi connectivity index (χ0v) is 14.0. The van der Waals surface area contributed by atoms with Gasteiger partial charge in [0, 0.05) is 25.8 Å². The lowest BCUT2D eigenvalue weighted by Gasteiger charge is -2.27. The first-order valence-corrected chi connectivity index (χ1v) is 9.50. The number of ether oxygens (including phenoxy) is 1. The number of hydrogen-bond donors (Lipinski definition) is 0. The number of hydrogen-bond acceptors (Lipinski definition) is 6. The van der Waals surface area contributed by atoms with E-state index in [1.807, 2.05) is 0 Å². The zero-order valence-electron chi connectivity index (χ0n) is 13.2. The number of esters is 1. The third kappa shape index (κ3) is 3.84.